The normalized spacial score (nSPS) is 15.9. The number of anilines is 1. The molecule has 0 N–H and O–H groups in total. The minimum absolute atomic E-state index is 0.173. The van der Waals surface area contributed by atoms with E-state index in [-0.39, 0.29) is 12.2 Å². The van der Waals surface area contributed by atoms with Crippen LogP contribution in [0.4, 0.5) is 5.69 Å². The first-order valence-electron chi connectivity index (χ1n) is 10.4. The maximum absolute atomic E-state index is 13.5. The topological polar surface area (TPSA) is 63.9 Å². The number of nitrogens with zero attached hydrogens (tertiary/aromatic N) is 3. The van der Waals surface area contributed by atoms with Gasteiger partial charge in [0.1, 0.15) is 0 Å². The molecule has 0 saturated carbocycles. The van der Waals surface area contributed by atoms with Gasteiger partial charge in [0, 0.05) is 19.8 Å². The molecule has 164 valence electrons. The van der Waals surface area contributed by atoms with Crippen LogP contribution in [0.25, 0.3) is 6.08 Å². The van der Waals surface area contributed by atoms with Gasteiger partial charge in [-0.25, -0.2) is 9.79 Å². The molecule has 0 fully saturated rings. The van der Waals surface area contributed by atoms with Gasteiger partial charge in [0.05, 0.1) is 28.5 Å². The highest BCUT2D eigenvalue weighted by Gasteiger charge is 2.33. The standard InChI is InChI=1S/C25H25N3O3S/c1-5-31-24(30)21-16(2)26-25-28(22(21)18-11-13-19(14-12-18)27(3)4)23(29)20(32-25)15-17-9-7-6-8-10-17/h6-15,22H,5H2,1-4H3/b20-15-/t22-/m0/s1. The molecule has 2 heterocycles. The molecule has 3 aromatic rings. The average Bonchev–Trinajstić information content (AvgIpc) is 3.08. The second-order valence-corrected chi connectivity index (χ2v) is 8.71. The summed E-state index contributed by atoms with van der Waals surface area (Å²) in [6, 6.07) is 17.0. The van der Waals surface area contributed by atoms with Crippen LogP contribution < -0.4 is 19.8 Å². The Morgan fingerprint density at radius 2 is 1.84 bits per heavy atom. The predicted molar refractivity (Wildman–Crippen MR) is 128 cm³/mol. The summed E-state index contributed by atoms with van der Waals surface area (Å²) in [6.07, 6.45) is 1.86. The Balaban J connectivity index is 1.94. The average molecular weight is 448 g/mol. The highest BCUT2D eigenvalue weighted by atomic mass is 32.1. The second-order valence-electron chi connectivity index (χ2n) is 7.70. The number of fused-ring (bicyclic) bond motifs is 1. The molecule has 1 atom stereocenters. The van der Waals surface area contributed by atoms with E-state index in [1.807, 2.05) is 79.7 Å². The van der Waals surface area contributed by atoms with Crippen LogP contribution in [0.5, 0.6) is 0 Å². The number of benzene rings is 2. The Labute approximate surface area is 190 Å². The summed E-state index contributed by atoms with van der Waals surface area (Å²) in [5, 5.41) is 0. The van der Waals surface area contributed by atoms with Crippen LogP contribution in [0, 0.1) is 0 Å². The number of allylic oxidation sites excluding steroid dienone is 1. The summed E-state index contributed by atoms with van der Waals surface area (Å²) in [4.78, 5) is 33.6. The lowest BCUT2D eigenvalue weighted by Gasteiger charge is -2.25. The van der Waals surface area contributed by atoms with Crippen LogP contribution in [0.3, 0.4) is 0 Å². The molecule has 4 rings (SSSR count). The van der Waals surface area contributed by atoms with E-state index in [4.69, 9.17) is 4.74 Å². The van der Waals surface area contributed by atoms with Crippen molar-refractivity contribution in [3.05, 3.63) is 96.7 Å². The number of ether oxygens (including phenoxy) is 1. The highest BCUT2D eigenvalue weighted by Crippen LogP contribution is 2.31. The molecule has 32 heavy (non-hydrogen) atoms. The van der Waals surface area contributed by atoms with Crippen LogP contribution >= 0.6 is 11.3 Å². The lowest BCUT2D eigenvalue weighted by atomic mass is 9.95. The Morgan fingerprint density at radius 3 is 2.47 bits per heavy atom. The molecule has 0 aliphatic carbocycles. The highest BCUT2D eigenvalue weighted by molar-refractivity contribution is 7.07. The SMILES string of the molecule is CCOC(=O)C1=C(C)N=c2s/c(=C\c3ccccc3)c(=O)n2[C@H]1c1ccc(N(C)C)cc1. The fraction of sp³-hybridized carbons (Fsp3) is 0.240. The van der Waals surface area contributed by atoms with E-state index in [0.717, 1.165) is 16.8 Å². The maximum atomic E-state index is 13.5. The molecular formula is C25H25N3O3S. The summed E-state index contributed by atoms with van der Waals surface area (Å²) in [5.41, 5.74) is 3.59. The van der Waals surface area contributed by atoms with Gasteiger partial charge in [-0.2, -0.15) is 0 Å². The van der Waals surface area contributed by atoms with Crippen molar-refractivity contribution >= 4 is 29.1 Å². The van der Waals surface area contributed by atoms with E-state index in [2.05, 4.69) is 4.99 Å². The van der Waals surface area contributed by atoms with Crippen molar-refractivity contribution in [1.29, 1.82) is 0 Å². The van der Waals surface area contributed by atoms with Gasteiger partial charge in [-0.1, -0.05) is 53.8 Å². The van der Waals surface area contributed by atoms with E-state index in [1.165, 1.54) is 11.3 Å². The lowest BCUT2D eigenvalue weighted by molar-refractivity contribution is -0.139. The lowest BCUT2D eigenvalue weighted by Crippen LogP contribution is -2.39. The van der Waals surface area contributed by atoms with Crippen LogP contribution in [0.1, 0.15) is 31.0 Å². The zero-order valence-corrected chi connectivity index (χ0v) is 19.3. The van der Waals surface area contributed by atoms with Gasteiger partial charge in [-0.05, 0) is 43.2 Å². The van der Waals surface area contributed by atoms with Crippen molar-refractivity contribution in [1.82, 2.24) is 4.57 Å². The summed E-state index contributed by atoms with van der Waals surface area (Å²) in [7, 11) is 3.94. The molecule has 0 bridgehead atoms. The Kier molecular flexibility index (Phi) is 6.10. The number of carbonyl (C=O) groups excluding carboxylic acids is 1. The molecule has 1 aliphatic heterocycles. The van der Waals surface area contributed by atoms with Gasteiger partial charge in [0.25, 0.3) is 5.56 Å². The molecule has 0 radical (unpaired) electrons. The number of rotatable bonds is 5. The molecular weight excluding hydrogens is 422 g/mol. The zero-order valence-electron chi connectivity index (χ0n) is 18.5. The first kappa shape index (κ1) is 21.8. The van der Waals surface area contributed by atoms with Crippen molar-refractivity contribution in [2.45, 2.75) is 19.9 Å². The first-order chi connectivity index (χ1) is 15.4. The van der Waals surface area contributed by atoms with E-state index < -0.39 is 12.0 Å². The smallest absolute Gasteiger partial charge is 0.338 e. The van der Waals surface area contributed by atoms with Gasteiger partial charge in [-0.3, -0.25) is 9.36 Å². The van der Waals surface area contributed by atoms with Gasteiger partial charge >= 0.3 is 5.97 Å². The zero-order chi connectivity index (χ0) is 22.8. The molecule has 1 aromatic heterocycles. The minimum atomic E-state index is -0.598. The third-order valence-electron chi connectivity index (χ3n) is 5.34. The first-order valence-corrected chi connectivity index (χ1v) is 11.2. The van der Waals surface area contributed by atoms with Crippen molar-refractivity contribution < 1.29 is 9.53 Å². The molecule has 0 amide bonds. The fourth-order valence-corrected chi connectivity index (χ4v) is 4.81. The molecule has 1 aliphatic rings. The van der Waals surface area contributed by atoms with Crippen molar-refractivity contribution in [2.24, 2.45) is 4.99 Å². The van der Waals surface area contributed by atoms with Gasteiger partial charge in [0.2, 0.25) is 0 Å². The minimum Gasteiger partial charge on any atom is -0.463 e. The number of hydrogen-bond acceptors (Lipinski definition) is 6. The second kappa shape index (κ2) is 8.96. The van der Waals surface area contributed by atoms with Crippen LogP contribution in [-0.2, 0) is 9.53 Å². The number of thiazole rings is 1. The molecule has 0 unspecified atom stereocenters. The number of esters is 1. The third-order valence-corrected chi connectivity index (χ3v) is 6.32. The van der Waals surface area contributed by atoms with Gasteiger partial charge in [-0.15, -0.1) is 0 Å². The maximum Gasteiger partial charge on any atom is 0.338 e. The van der Waals surface area contributed by atoms with Gasteiger partial charge < -0.3 is 9.64 Å². The number of hydrogen-bond donors (Lipinski definition) is 0. The monoisotopic (exact) mass is 447 g/mol. The largest absolute Gasteiger partial charge is 0.463 e. The molecule has 2 aromatic carbocycles. The Bertz CT molecular complexity index is 1350. The molecule has 0 saturated heterocycles. The Hall–Kier alpha value is -3.45. The van der Waals surface area contributed by atoms with Crippen LogP contribution in [0.2, 0.25) is 0 Å². The van der Waals surface area contributed by atoms with Gasteiger partial charge in [0.15, 0.2) is 4.80 Å². The molecule has 6 nitrogen and oxygen atoms in total. The van der Waals surface area contributed by atoms with Crippen LogP contribution in [0.15, 0.2) is 75.7 Å². The molecule has 0 spiro atoms. The summed E-state index contributed by atoms with van der Waals surface area (Å²) in [6.45, 7) is 3.81. The molecule has 7 heteroatoms. The van der Waals surface area contributed by atoms with Crippen molar-refractivity contribution in [3.8, 4) is 0 Å². The number of aromatic nitrogens is 1. The van der Waals surface area contributed by atoms with E-state index in [1.54, 1.807) is 18.4 Å². The summed E-state index contributed by atoms with van der Waals surface area (Å²) >= 11 is 1.33. The van der Waals surface area contributed by atoms with E-state index in [0.29, 0.717) is 20.6 Å². The van der Waals surface area contributed by atoms with Crippen molar-refractivity contribution in [2.75, 3.05) is 25.6 Å². The summed E-state index contributed by atoms with van der Waals surface area (Å²) in [5.74, 6) is -0.451. The Morgan fingerprint density at radius 1 is 1.16 bits per heavy atom. The fourth-order valence-electron chi connectivity index (χ4n) is 3.76. The number of carbonyl (C=O) groups is 1. The van der Waals surface area contributed by atoms with Crippen molar-refractivity contribution in [3.63, 3.8) is 0 Å². The third kappa shape index (κ3) is 4.03. The quantitative estimate of drug-likeness (QED) is 0.565. The van der Waals surface area contributed by atoms with Crippen LogP contribution in [-0.4, -0.2) is 31.2 Å². The predicted octanol–water partition coefficient (Wildman–Crippen LogP) is 2.86. The van der Waals surface area contributed by atoms with E-state index >= 15 is 0 Å². The summed E-state index contributed by atoms with van der Waals surface area (Å²) < 4.78 is 7.52. The van der Waals surface area contributed by atoms with E-state index in [9.17, 15) is 9.59 Å².